The lowest BCUT2D eigenvalue weighted by atomic mass is 10.00. The van der Waals surface area contributed by atoms with Gasteiger partial charge in [0.25, 0.3) is 0 Å². The molecule has 2 aromatic rings. The number of methoxy groups -OCH3 is 1. The van der Waals surface area contributed by atoms with Gasteiger partial charge < -0.3 is 4.74 Å². The standard InChI is InChI=1S/C16H16Cl2O/c1-11-9-13(17)5-8-15(11)16(18)10-12-3-6-14(19-2)7-4-12/h3-9,16H,10H2,1-2H3. The summed E-state index contributed by atoms with van der Waals surface area (Å²) in [6, 6.07) is 13.8. The van der Waals surface area contributed by atoms with E-state index in [-0.39, 0.29) is 5.38 Å². The minimum absolute atomic E-state index is 0.0503. The van der Waals surface area contributed by atoms with Crippen LogP contribution in [0.15, 0.2) is 42.5 Å². The lowest BCUT2D eigenvalue weighted by Crippen LogP contribution is -1.98. The van der Waals surface area contributed by atoms with Crippen molar-refractivity contribution in [2.75, 3.05) is 7.11 Å². The molecule has 0 aromatic heterocycles. The van der Waals surface area contributed by atoms with Gasteiger partial charge in [-0.1, -0.05) is 29.8 Å². The Hall–Kier alpha value is -1.18. The number of ether oxygens (including phenoxy) is 1. The van der Waals surface area contributed by atoms with Crippen LogP contribution >= 0.6 is 23.2 Å². The van der Waals surface area contributed by atoms with E-state index in [4.69, 9.17) is 27.9 Å². The van der Waals surface area contributed by atoms with Crippen LogP contribution in [0.3, 0.4) is 0 Å². The molecule has 0 saturated carbocycles. The summed E-state index contributed by atoms with van der Waals surface area (Å²) in [7, 11) is 1.66. The molecular weight excluding hydrogens is 279 g/mol. The van der Waals surface area contributed by atoms with Crippen LogP contribution in [-0.4, -0.2) is 7.11 Å². The van der Waals surface area contributed by atoms with E-state index < -0.39 is 0 Å². The van der Waals surface area contributed by atoms with Crippen molar-refractivity contribution in [3.63, 3.8) is 0 Å². The second-order valence-corrected chi connectivity index (χ2v) is 5.48. The van der Waals surface area contributed by atoms with Crippen molar-refractivity contribution in [1.29, 1.82) is 0 Å². The second-order valence-electron chi connectivity index (χ2n) is 4.52. The average molecular weight is 295 g/mol. The molecule has 0 aliphatic heterocycles. The van der Waals surface area contributed by atoms with Crippen LogP contribution in [0.4, 0.5) is 0 Å². The number of alkyl halides is 1. The first-order valence-corrected chi connectivity index (χ1v) is 6.94. The molecule has 0 aliphatic rings. The Bertz CT molecular complexity index is 549. The molecule has 0 bridgehead atoms. The van der Waals surface area contributed by atoms with Crippen LogP contribution in [-0.2, 0) is 6.42 Å². The van der Waals surface area contributed by atoms with Gasteiger partial charge in [0.15, 0.2) is 0 Å². The van der Waals surface area contributed by atoms with Crippen LogP contribution in [0, 0.1) is 6.92 Å². The summed E-state index contributed by atoms with van der Waals surface area (Å²) in [5.74, 6) is 0.859. The Labute approximate surface area is 124 Å². The second kappa shape index (κ2) is 6.31. The first-order chi connectivity index (χ1) is 9.10. The molecule has 0 saturated heterocycles. The van der Waals surface area contributed by atoms with Crippen molar-refractivity contribution in [3.8, 4) is 5.75 Å². The van der Waals surface area contributed by atoms with E-state index in [1.807, 2.05) is 49.4 Å². The summed E-state index contributed by atoms with van der Waals surface area (Å²) >= 11 is 12.5. The fraction of sp³-hybridized carbons (Fsp3) is 0.250. The quantitative estimate of drug-likeness (QED) is 0.706. The van der Waals surface area contributed by atoms with E-state index in [1.54, 1.807) is 7.11 Å². The lowest BCUT2D eigenvalue weighted by Gasteiger charge is -2.13. The summed E-state index contributed by atoms with van der Waals surface area (Å²) in [6.45, 7) is 2.03. The zero-order chi connectivity index (χ0) is 13.8. The Morgan fingerprint density at radius 3 is 2.37 bits per heavy atom. The predicted molar refractivity (Wildman–Crippen MR) is 81.5 cm³/mol. The van der Waals surface area contributed by atoms with Gasteiger partial charge in [-0.2, -0.15) is 0 Å². The van der Waals surface area contributed by atoms with Crippen LogP contribution in [0.5, 0.6) is 5.75 Å². The Morgan fingerprint density at radius 2 is 1.79 bits per heavy atom. The van der Waals surface area contributed by atoms with Gasteiger partial charge in [0, 0.05) is 5.02 Å². The van der Waals surface area contributed by atoms with Crippen molar-refractivity contribution in [3.05, 3.63) is 64.2 Å². The summed E-state index contributed by atoms with van der Waals surface area (Å²) in [5.41, 5.74) is 3.44. The molecule has 3 heteroatoms. The molecule has 0 amide bonds. The molecule has 2 aromatic carbocycles. The Balaban J connectivity index is 2.13. The lowest BCUT2D eigenvalue weighted by molar-refractivity contribution is 0.414. The number of aryl methyl sites for hydroxylation is 1. The molecule has 0 N–H and O–H groups in total. The molecule has 1 nitrogen and oxygen atoms in total. The molecule has 1 atom stereocenters. The van der Waals surface area contributed by atoms with Gasteiger partial charge in [0.2, 0.25) is 0 Å². The zero-order valence-electron chi connectivity index (χ0n) is 11.0. The molecule has 19 heavy (non-hydrogen) atoms. The number of rotatable bonds is 4. The van der Waals surface area contributed by atoms with Crippen LogP contribution in [0.25, 0.3) is 0 Å². The highest BCUT2D eigenvalue weighted by Crippen LogP contribution is 2.29. The van der Waals surface area contributed by atoms with E-state index in [1.165, 1.54) is 5.56 Å². The van der Waals surface area contributed by atoms with Crippen molar-refractivity contribution in [2.24, 2.45) is 0 Å². The Kier molecular flexibility index (Phi) is 4.73. The van der Waals surface area contributed by atoms with Crippen molar-refractivity contribution >= 4 is 23.2 Å². The average Bonchev–Trinajstić information content (AvgIpc) is 2.39. The van der Waals surface area contributed by atoms with E-state index in [0.29, 0.717) is 0 Å². The summed E-state index contributed by atoms with van der Waals surface area (Å²) in [5, 5.41) is 0.695. The predicted octanol–water partition coefficient (Wildman–Crippen LogP) is 5.18. The summed E-state index contributed by atoms with van der Waals surface area (Å²) in [6.07, 6.45) is 0.786. The van der Waals surface area contributed by atoms with Gasteiger partial charge in [-0.05, 0) is 54.3 Å². The number of halogens is 2. The van der Waals surface area contributed by atoms with Gasteiger partial charge in [0.05, 0.1) is 12.5 Å². The highest BCUT2D eigenvalue weighted by Gasteiger charge is 2.12. The molecule has 1 unspecified atom stereocenters. The first kappa shape index (κ1) is 14.2. The van der Waals surface area contributed by atoms with E-state index >= 15 is 0 Å². The number of benzene rings is 2. The molecule has 2 rings (SSSR count). The fourth-order valence-electron chi connectivity index (χ4n) is 2.07. The maximum absolute atomic E-state index is 6.50. The monoisotopic (exact) mass is 294 g/mol. The Morgan fingerprint density at radius 1 is 1.11 bits per heavy atom. The SMILES string of the molecule is COc1ccc(CC(Cl)c2ccc(Cl)cc2C)cc1. The van der Waals surface area contributed by atoms with Crippen molar-refractivity contribution in [2.45, 2.75) is 18.7 Å². The van der Waals surface area contributed by atoms with Crippen molar-refractivity contribution < 1.29 is 4.74 Å². The molecule has 0 radical (unpaired) electrons. The normalized spacial score (nSPS) is 12.2. The highest BCUT2D eigenvalue weighted by atomic mass is 35.5. The van der Waals surface area contributed by atoms with Crippen LogP contribution in [0.1, 0.15) is 22.1 Å². The number of hydrogen-bond donors (Lipinski definition) is 0. The maximum Gasteiger partial charge on any atom is 0.118 e. The topological polar surface area (TPSA) is 9.23 Å². The van der Waals surface area contributed by atoms with Gasteiger partial charge in [-0.25, -0.2) is 0 Å². The number of hydrogen-bond acceptors (Lipinski definition) is 1. The van der Waals surface area contributed by atoms with Crippen molar-refractivity contribution in [1.82, 2.24) is 0 Å². The van der Waals surface area contributed by atoms with Gasteiger partial charge in [-0.15, -0.1) is 11.6 Å². The minimum atomic E-state index is -0.0503. The molecule has 0 spiro atoms. The van der Waals surface area contributed by atoms with E-state index in [9.17, 15) is 0 Å². The first-order valence-electron chi connectivity index (χ1n) is 6.13. The third-order valence-corrected chi connectivity index (χ3v) is 3.77. The third kappa shape index (κ3) is 3.65. The van der Waals surface area contributed by atoms with E-state index in [0.717, 1.165) is 28.3 Å². The smallest absolute Gasteiger partial charge is 0.118 e. The minimum Gasteiger partial charge on any atom is -0.497 e. The zero-order valence-corrected chi connectivity index (χ0v) is 12.5. The summed E-state index contributed by atoms with van der Waals surface area (Å²) in [4.78, 5) is 0. The summed E-state index contributed by atoms with van der Waals surface area (Å²) < 4.78 is 5.14. The van der Waals surface area contributed by atoms with Crippen LogP contribution < -0.4 is 4.74 Å². The molecule has 0 fully saturated rings. The molecule has 0 aliphatic carbocycles. The molecule has 0 heterocycles. The largest absolute Gasteiger partial charge is 0.497 e. The maximum atomic E-state index is 6.50. The van der Waals surface area contributed by atoms with Gasteiger partial charge >= 0.3 is 0 Å². The fourth-order valence-corrected chi connectivity index (χ4v) is 2.72. The van der Waals surface area contributed by atoms with E-state index in [2.05, 4.69) is 0 Å². The van der Waals surface area contributed by atoms with Crippen LogP contribution in [0.2, 0.25) is 5.02 Å². The van der Waals surface area contributed by atoms with Gasteiger partial charge in [-0.3, -0.25) is 0 Å². The molecular formula is C16H16Cl2O. The molecule has 100 valence electrons. The van der Waals surface area contributed by atoms with Gasteiger partial charge in [0.1, 0.15) is 5.75 Å². The highest BCUT2D eigenvalue weighted by molar-refractivity contribution is 6.30. The third-order valence-electron chi connectivity index (χ3n) is 3.14.